The zero-order valence-electron chi connectivity index (χ0n) is 22.5. The summed E-state index contributed by atoms with van der Waals surface area (Å²) in [7, 11) is -4.21. The van der Waals surface area contributed by atoms with E-state index in [4.69, 9.17) is 8.85 Å². The Labute approximate surface area is 203 Å². The van der Waals surface area contributed by atoms with Crippen molar-refractivity contribution in [2.24, 2.45) is 5.92 Å². The van der Waals surface area contributed by atoms with Gasteiger partial charge in [-0.15, -0.1) is 0 Å². The monoisotopic (exact) mass is 491 g/mol. The van der Waals surface area contributed by atoms with Crippen molar-refractivity contribution >= 4 is 28.3 Å². The standard InChI is InChI=1S/C26H45NO4Si2/c1-18(30-32(8,9)25(2,3)4)22-20(27-24(22)29)17-21(28)23(19-15-13-12-14-16-19)31-33(10,11)26(5,6)7/h12-16,18,20,22-23H,17H2,1-11H3,(H,27,29)/t18-,20-,22-,23?/m1/s1. The van der Waals surface area contributed by atoms with Crippen LogP contribution in [-0.2, 0) is 18.4 Å². The van der Waals surface area contributed by atoms with E-state index in [1.165, 1.54) is 0 Å². The molecule has 1 aliphatic rings. The van der Waals surface area contributed by atoms with Crippen molar-refractivity contribution in [3.8, 4) is 0 Å². The molecule has 7 heteroatoms. The van der Waals surface area contributed by atoms with Crippen LogP contribution in [0.25, 0.3) is 0 Å². The minimum atomic E-state index is -2.19. The van der Waals surface area contributed by atoms with Gasteiger partial charge in [0, 0.05) is 12.5 Å². The van der Waals surface area contributed by atoms with E-state index in [2.05, 4.69) is 73.0 Å². The highest BCUT2D eigenvalue weighted by atomic mass is 28.4. The summed E-state index contributed by atoms with van der Waals surface area (Å²) in [6.07, 6.45) is -0.605. The molecule has 5 nitrogen and oxygen atoms in total. The molecule has 1 aromatic rings. The summed E-state index contributed by atoms with van der Waals surface area (Å²) >= 11 is 0. The summed E-state index contributed by atoms with van der Waals surface area (Å²) < 4.78 is 13.1. The smallest absolute Gasteiger partial charge is 0.228 e. The van der Waals surface area contributed by atoms with Gasteiger partial charge in [-0.2, -0.15) is 0 Å². The lowest BCUT2D eigenvalue weighted by Crippen LogP contribution is -2.64. The van der Waals surface area contributed by atoms with Crippen LogP contribution >= 0.6 is 0 Å². The Kier molecular flexibility index (Phi) is 8.27. The van der Waals surface area contributed by atoms with Gasteiger partial charge >= 0.3 is 0 Å². The molecule has 1 heterocycles. The molecule has 186 valence electrons. The van der Waals surface area contributed by atoms with Crippen LogP contribution in [0.15, 0.2) is 30.3 Å². The zero-order valence-corrected chi connectivity index (χ0v) is 24.5. The predicted molar refractivity (Wildman–Crippen MR) is 140 cm³/mol. The number of ketones is 1. The molecule has 1 amide bonds. The second-order valence-electron chi connectivity index (χ2n) is 12.6. The van der Waals surface area contributed by atoms with Gasteiger partial charge in [0.1, 0.15) is 6.10 Å². The minimum absolute atomic E-state index is 0.0144. The molecule has 1 N–H and O–H groups in total. The number of rotatable bonds is 9. The molecule has 1 fully saturated rings. The van der Waals surface area contributed by atoms with Gasteiger partial charge < -0.3 is 14.2 Å². The second kappa shape index (κ2) is 9.76. The third-order valence-corrected chi connectivity index (χ3v) is 16.9. The van der Waals surface area contributed by atoms with Gasteiger partial charge in [0.25, 0.3) is 0 Å². The van der Waals surface area contributed by atoms with Crippen LogP contribution in [0.1, 0.15) is 66.6 Å². The molecular formula is C26H45NO4Si2. The van der Waals surface area contributed by atoms with E-state index < -0.39 is 22.7 Å². The van der Waals surface area contributed by atoms with Gasteiger partial charge in [-0.1, -0.05) is 71.9 Å². The molecule has 1 saturated heterocycles. The second-order valence-corrected chi connectivity index (χ2v) is 22.1. The lowest BCUT2D eigenvalue weighted by atomic mass is 9.82. The van der Waals surface area contributed by atoms with E-state index in [0.29, 0.717) is 0 Å². The van der Waals surface area contributed by atoms with E-state index >= 15 is 0 Å². The van der Waals surface area contributed by atoms with E-state index in [1.807, 2.05) is 37.3 Å². The van der Waals surface area contributed by atoms with E-state index in [-0.39, 0.29) is 46.3 Å². The number of β-lactam (4-membered cyclic amide) rings is 1. The summed E-state index contributed by atoms with van der Waals surface area (Å²) in [5.41, 5.74) is 0.875. The first kappa shape index (κ1) is 28.0. The third kappa shape index (κ3) is 6.44. The van der Waals surface area contributed by atoms with E-state index in [9.17, 15) is 9.59 Å². The van der Waals surface area contributed by atoms with Crippen molar-refractivity contribution in [2.75, 3.05) is 0 Å². The molecule has 0 aliphatic carbocycles. The predicted octanol–water partition coefficient (Wildman–Crippen LogP) is 6.23. The largest absolute Gasteiger partial charge is 0.413 e. The average molecular weight is 492 g/mol. The first-order chi connectivity index (χ1) is 14.9. The minimum Gasteiger partial charge on any atom is -0.413 e. The van der Waals surface area contributed by atoms with Crippen molar-refractivity contribution in [1.82, 2.24) is 5.32 Å². The lowest BCUT2D eigenvalue weighted by molar-refractivity contribution is -0.142. The summed E-state index contributed by atoms with van der Waals surface area (Å²) in [6.45, 7) is 23.8. The fourth-order valence-corrected chi connectivity index (χ4v) is 6.27. The van der Waals surface area contributed by atoms with Crippen LogP contribution in [0.5, 0.6) is 0 Å². The maximum atomic E-state index is 13.6. The summed E-state index contributed by atoms with van der Waals surface area (Å²) in [6, 6.07) is 9.51. The van der Waals surface area contributed by atoms with Crippen molar-refractivity contribution in [1.29, 1.82) is 0 Å². The highest BCUT2D eigenvalue weighted by Crippen LogP contribution is 2.41. The van der Waals surface area contributed by atoms with Crippen molar-refractivity contribution in [3.63, 3.8) is 0 Å². The molecule has 1 unspecified atom stereocenters. The van der Waals surface area contributed by atoms with Crippen molar-refractivity contribution in [3.05, 3.63) is 35.9 Å². The van der Waals surface area contributed by atoms with Gasteiger partial charge in [-0.25, -0.2) is 0 Å². The van der Waals surface area contributed by atoms with Crippen LogP contribution in [0.2, 0.25) is 36.3 Å². The molecular weight excluding hydrogens is 446 g/mol. The Balaban J connectivity index is 2.20. The Morgan fingerprint density at radius 1 is 0.939 bits per heavy atom. The lowest BCUT2D eigenvalue weighted by Gasteiger charge is -2.45. The van der Waals surface area contributed by atoms with Gasteiger partial charge in [0.05, 0.1) is 12.0 Å². The van der Waals surface area contributed by atoms with Crippen LogP contribution in [0.3, 0.4) is 0 Å². The molecule has 2 rings (SSSR count). The number of nitrogens with one attached hydrogen (secondary N) is 1. The van der Waals surface area contributed by atoms with Crippen molar-refractivity contribution < 1.29 is 18.4 Å². The maximum absolute atomic E-state index is 13.6. The van der Waals surface area contributed by atoms with E-state index in [0.717, 1.165) is 5.56 Å². The fourth-order valence-electron chi connectivity index (χ4n) is 3.63. The summed E-state index contributed by atoms with van der Waals surface area (Å²) in [4.78, 5) is 26.1. The van der Waals surface area contributed by atoms with E-state index in [1.54, 1.807) is 0 Å². The Bertz CT molecular complexity index is 840. The molecule has 4 atom stereocenters. The quantitative estimate of drug-likeness (QED) is 0.328. The number of carbonyl (C=O) groups is 2. The maximum Gasteiger partial charge on any atom is 0.228 e. The van der Waals surface area contributed by atoms with Gasteiger partial charge in [-0.3, -0.25) is 9.59 Å². The number of amides is 1. The fraction of sp³-hybridized carbons (Fsp3) is 0.692. The van der Waals surface area contributed by atoms with Crippen LogP contribution in [0.4, 0.5) is 0 Å². The number of carbonyl (C=O) groups excluding carboxylic acids is 2. The Morgan fingerprint density at radius 3 is 1.88 bits per heavy atom. The Hall–Kier alpha value is -1.29. The summed E-state index contributed by atoms with van der Waals surface area (Å²) in [5, 5.41) is 3.00. The van der Waals surface area contributed by atoms with Crippen LogP contribution in [-0.4, -0.2) is 40.5 Å². The first-order valence-electron chi connectivity index (χ1n) is 12.1. The number of hydrogen-bond donors (Lipinski definition) is 1. The molecule has 0 aromatic heterocycles. The van der Waals surface area contributed by atoms with Crippen LogP contribution in [0, 0.1) is 5.92 Å². The number of Topliss-reactive ketones (excluding diaryl/α,β-unsaturated/α-hetero) is 1. The molecule has 0 bridgehead atoms. The highest BCUT2D eigenvalue weighted by molar-refractivity contribution is 6.74. The highest BCUT2D eigenvalue weighted by Gasteiger charge is 2.49. The molecule has 1 aromatic carbocycles. The van der Waals surface area contributed by atoms with Crippen molar-refractivity contribution in [2.45, 2.75) is 109 Å². The number of benzene rings is 1. The number of hydrogen-bond acceptors (Lipinski definition) is 4. The SMILES string of the molecule is C[C@@H](O[Si](C)(C)C(C)(C)C)[C@H]1C(=O)N[C@@H]1CC(=O)C(O[Si](C)(C)C(C)(C)C)c1ccccc1. The zero-order chi connectivity index (χ0) is 25.4. The third-order valence-electron chi connectivity index (χ3n) is 7.89. The first-order valence-corrected chi connectivity index (χ1v) is 17.9. The topological polar surface area (TPSA) is 64.6 Å². The molecule has 33 heavy (non-hydrogen) atoms. The van der Waals surface area contributed by atoms with Gasteiger partial charge in [-0.05, 0) is 48.8 Å². The Morgan fingerprint density at radius 2 is 1.42 bits per heavy atom. The molecule has 0 saturated carbocycles. The average Bonchev–Trinajstić information content (AvgIpc) is 2.63. The molecule has 0 radical (unpaired) electrons. The van der Waals surface area contributed by atoms with Gasteiger partial charge in [0.2, 0.25) is 5.91 Å². The molecule has 1 aliphatic heterocycles. The summed E-state index contributed by atoms with van der Waals surface area (Å²) in [5.74, 6) is -0.325. The normalized spacial score (nSPS) is 21.7. The van der Waals surface area contributed by atoms with Crippen LogP contribution < -0.4 is 5.32 Å². The van der Waals surface area contributed by atoms with Gasteiger partial charge in [0.15, 0.2) is 22.4 Å². The molecule has 0 spiro atoms.